The zero-order valence-electron chi connectivity index (χ0n) is 18.5. The van der Waals surface area contributed by atoms with Crippen molar-refractivity contribution >= 4 is 5.91 Å². The minimum atomic E-state index is -0.595. The summed E-state index contributed by atoms with van der Waals surface area (Å²) in [6.07, 6.45) is 4.57. The number of benzene rings is 1. The fraction of sp³-hybridized carbons (Fsp3) is 0.375. The van der Waals surface area contributed by atoms with Gasteiger partial charge in [0.05, 0.1) is 25.0 Å². The largest absolute Gasteiger partial charge is 0.492 e. The number of aliphatic hydroxyl groups excluding tert-OH is 1. The van der Waals surface area contributed by atoms with E-state index in [2.05, 4.69) is 15.4 Å². The molecule has 0 radical (unpaired) electrons. The fourth-order valence-corrected chi connectivity index (χ4v) is 3.55. The van der Waals surface area contributed by atoms with Crippen molar-refractivity contribution in [3.8, 4) is 17.0 Å². The molecule has 9 nitrogen and oxygen atoms in total. The van der Waals surface area contributed by atoms with E-state index < -0.39 is 6.10 Å². The summed E-state index contributed by atoms with van der Waals surface area (Å²) in [6.45, 7) is 4.21. The van der Waals surface area contributed by atoms with E-state index in [-0.39, 0.29) is 12.5 Å². The topological polar surface area (TPSA) is 102 Å². The highest BCUT2D eigenvalue weighted by molar-refractivity contribution is 5.76. The van der Waals surface area contributed by atoms with Gasteiger partial charge in [0.1, 0.15) is 18.9 Å². The number of aromatic nitrogens is 3. The van der Waals surface area contributed by atoms with Crippen molar-refractivity contribution in [1.29, 1.82) is 0 Å². The first-order chi connectivity index (χ1) is 16.2. The minimum Gasteiger partial charge on any atom is -0.492 e. The van der Waals surface area contributed by atoms with Crippen LogP contribution in [0.3, 0.4) is 0 Å². The van der Waals surface area contributed by atoms with Gasteiger partial charge in [0.15, 0.2) is 0 Å². The van der Waals surface area contributed by atoms with Crippen LogP contribution in [0.1, 0.15) is 11.7 Å². The number of rotatable bonds is 10. The smallest absolute Gasteiger partial charge is 0.244 e. The molecule has 1 saturated heterocycles. The maximum atomic E-state index is 12.4. The van der Waals surface area contributed by atoms with Crippen LogP contribution in [-0.4, -0.2) is 76.7 Å². The van der Waals surface area contributed by atoms with Gasteiger partial charge >= 0.3 is 0 Å². The first-order valence-corrected chi connectivity index (χ1v) is 11.1. The fourth-order valence-electron chi connectivity index (χ4n) is 3.55. The molecule has 2 aromatic heterocycles. The predicted octanol–water partition coefficient (Wildman–Crippen LogP) is 1.51. The van der Waals surface area contributed by atoms with E-state index in [0.29, 0.717) is 46.0 Å². The molecule has 1 aromatic carbocycles. The lowest BCUT2D eigenvalue weighted by Crippen LogP contribution is -2.42. The van der Waals surface area contributed by atoms with E-state index in [0.717, 1.165) is 22.6 Å². The molecule has 1 aliphatic rings. The molecule has 0 aliphatic carbocycles. The van der Waals surface area contributed by atoms with Crippen LogP contribution in [0.15, 0.2) is 61.1 Å². The number of ether oxygens (including phenoxy) is 2. The van der Waals surface area contributed by atoms with Gasteiger partial charge < -0.3 is 24.8 Å². The summed E-state index contributed by atoms with van der Waals surface area (Å²) < 4.78 is 12.7. The van der Waals surface area contributed by atoms with Gasteiger partial charge in [0.2, 0.25) is 5.91 Å². The van der Waals surface area contributed by atoms with Gasteiger partial charge in [-0.2, -0.15) is 5.10 Å². The van der Waals surface area contributed by atoms with Crippen molar-refractivity contribution in [2.24, 2.45) is 0 Å². The normalized spacial score (nSPS) is 14.8. The number of amides is 1. The van der Waals surface area contributed by atoms with Crippen molar-refractivity contribution in [2.75, 3.05) is 46.0 Å². The van der Waals surface area contributed by atoms with Gasteiger partial charge in [0, 0.05) is 55.9 Å². The molecule has 3 aromatic rings. The lowest BCUT2D eigenvalue weighted by atomic mass is 10.1. The number of pyridine rings is 1. The van der Waals surface area contributed by atoms with Crippen molar-refractivity contribution in [3.63, 3.8) is 0 Å². The molecule has 1 atom stereocenters. The van der Waals surface area contributed by atoms with Crippen molar-refractivity contribution < 1.29 is 19.4 Å². The standard InChI is InChI=1S/C24H29N5O4/c30-23(20-2-1-8-25-16-20)17-26-9-13-33-21-5-3-19(4-6-21)22-7-10-29(27-22)18-24(31)28-11-14-32-15-12-28/h1-8,10,16,23,26,30H,9,11-15,17-18H2/t23-/m0/s1. The summed E-state index contributed by atoms with van der Waals surface area (Å²) >= 11 is 0. The summed E-state index contributed by atoms with van der Waals surface area (Å²) in [4.78, 5) is 18.2. The SMILES string of the molecule is O=C(Cn1ccc(-c2ccc(OCCNC[C@H](O)c3cccnc3)cc2)n1)N1CCOCC1. The molecule has 2 N–H and O–H groups in total. The van der Waals surface area contributed by atoms with Gasteiger partial charge in [-0.1, -0.05) is 6.07 Å². The van der Waals surface area contributed by atoms with Gasteiger partial charge in [0.25, 0.3) is 0 Å². The lowest BCUT2D eigenvalue weighted by molar-refractivity contribution is -0.136. The number of carbonyl (C=O) groups excluding carboxylic acids is 1. The number of nitrogens with zero attached hydrogens (tertiary/aromatic N) is 4. The van der Waals surface area contributed by atoms with Crippen LogP contribution in [0.4, 0.5) is 0 Å². The van der Waals surface area contributed by atoms with Crippen LogP contribution < -0.4 is 10.1 Å². The number of nitrogens with one attached hydrogen (secondary N) is 1. The quantitative estimate of drug-likeness (QED) is 0.451. The highest BCUT2D eigenvalue weighted by Crippen LogP contribution is 2.21. The molecule has 0 bridgehead atoms. The third kappa shape index (κ3) is 6.61. The van der Waals surface area contributed by atoms with Crippen molar-refractivity contribution in [2.45, 2.75) is 12.6 Å². The van der Waals surface area contributed by atoms with Crippen LogP contribution >= 0.6 is 0 Å². The highest BCUT2D eigenvalue weighted by Gasteiger charge is 2.17. The third-order valence-electron chi connectivity index (χ3n) is 5.41. The Morgan fingerprint density at radius 1 is 1.18 bits per heavy atom. The van der Waals surface area contributed by atoms with Crippen molar-refractivity contribution in [1.82, 2.24) is 25.0 Å². The Morgan fingerprint density at radius 3 is 2.76 bits per heavy atom. The molecule has 174 valence electrons. The molecule has 9 heteroatoms. The molecular weight excluding hydrogens is 422 g/mol. The van der Waals surface area contributed by atoms with E-state index in [4.69, 9.17) is 9.47 Å². The Hall–Kier alpha value is -3.27. The maximum Gasteiger partial charge on any atom is 0.244 e. The second kappa shape index (κ2) is 11.6. The Morgan fingerprint density at radius 2 is 2.00 bits per heavy atom. The zero-order valence-corrected chi connectivity index (χ0v) is 18.5. The lowest BCUT2D eigenvalue weighted by Gasteiger charge is -2.26. The van der Waals surface area contributed by atoms with E-state index >= 15 is 0 Å². The second-order valence-corrected chi connectivity index (χ2v) is 7.77. The molecular formula is C24H29N5O4. The molecule has 1 aliphatic heterocycles. The van der Waals surface area contributed by atoms with Gasteiger partial charge in [-0.25, -0.2) is 0 Å². The molecule has 0 unspecified atom stereocenters. The molecule has 1 amide bonds. The van der Waals surface area contributed by atoms with Crippen LogP contribution in [0.5, 0.6) is 5.75 Å². The number of carbonyl (C=O) groups is 1. The molecule has 0 spiro atoms. The number of hydrogen-bond donors (Lipinski definition) is 2. The Bertz CT molecular complexity index is 1000. The number of morpholine rings is 1. The molecule has 3 heterocycles. The summed E-state index contributed by atoms with van der Waals surface area (Å²) in [5.41, 5.74) is 2.55. The second-order valence-electron chi connectivity index (χ2n) is 7.77. The summed E-state index contributed by atoms with van der Waals surface area (Å²) in [5.74, 6) is 0.813. The van der Waals surface area contributed by atoms with Gasteiger partial charge in [-0.3, -0.25) is 14.5 Å². The Labute approximate surface area is 193 Å². The van der Waals surface area contributed by atoms with Gasteiger partial charge in [-0.05, 0) is 36.4 Å². The van der Waals surface area contributed by atoms with Crippen LogP contribution in [0.2, 0.25) is 0 Å². The van der Waals surface area contributed by atoms with Crippen LogP contribution in [0.25, 0.3) is 11.3 Å². The minimum absolute atomic E-state index is 0.0539. The number of aliphatic hydroxyl groups is 1. The molecule has 33 heavy (non-hydrogen) atoms. The van der Waals surface area contributed by atoms with E-state index in [1.54, 1.807) is 23.1 Å². The highest BCUT2D eigenvalue weighted by atomic mass is 16.5. The average Bonchev–Trinajstić information content (AvgIpc) is 3.33. The third-order valence-corrected chi connectivity index (χ3v) is 5.41. The summed E-state index contributed by atoms with van der Waals surface area (Å²) in [6, 6.07) is 13.3. The zero-order chi connectivity index (χ0) is 22.9. The molecule has 0 saturated carbocycles. The number of hydrogen-bond acceptors (Lipinski definition) is 7. The van der Waals surface area contributed by atoms with E-state index in [9.17, 15) is 9.90 Å². The van der Waals surface area contributed by atoms with E-state index in [1.807, 2.05) is 47.5 Å². The van der Waals surface area contributed by atoms with Crippen LogP contribution in [-0.2, 0) is 16.1 Å². The molecule has 4 rings (SSSR count). The predicted molar refractivity (Wildman–Crippen MR) is 123 cm³/mol. The van der Waals surface area contributed by atoms with Gasteiger partial charge in [-0.15, -0.1) is 0 Å². The monoisotopic (exact) mass is 451 g/mol. The summed E-state index contributed by atoms with van der Waals surface area (Å²) in [5, 5.41) is 17.8. The first-order valence-electron chi connectivity index (χ1n) is 11.1. The summed E-state index contributed by atoms with van der Waals surface area (Å²) in [7, 11) is 0. The maximum absolute atomic E-state index is 12.4. The Balaban J connectivity index is 1.19. The average molecular weight is 452 g/mol. The Kier molecular flexibility index (Phi) is 8.02. The first kappa shape index (κ1) is 22.9. The molecule has 1 fully saturated rings. The van der Waals surface area contributed by atoms with Crippen LogP contribution in [0, 0.1) is 0 Å². The van der Waals surface area contributed by atoms with Crippen molar-refractivity contribution in [3.05, 3.63) is 66.6 Å². The van der Waals surface area contributed by atoms with E-state index in [1.165, 1.54) is 0 Å².